The van der Waals surface area contributed by atoms with Crippen LogP contribution in [0.5, 0.6) is 0 Å². The molecule has 0 unspecified atom stereocenters. The van der Waals surface area contributed by atoms with Gasteiger partial charge in [-0.25, -0.2) is 18.1 Å². The number of hydrogen-bond donors (Lipinski definition) is 1. The molecule has 0 saturated carbocycles. The summed E-state index contributed by atoms with van der Waals surface area (Å²) >= 11 is 1.16. The number of terminal acetylenes is 1. The Balaban J connectivity index is 2.57. The monoisotopic (exact) mass is 244 g/mol. The van der Waals surface area contributed by atoms with Crippen LogP contribution < -0.4 is 4.72 Å². The second-order valence-electron chi connectivity index (χ2n) is 2.90. The molecule has 0 atom stereocenters. The van der Waals surface area contributed by atoms with Gasteiger partial charge in [-0.2, -0.15) is 0 Å². The number of aromatic nitrogens is 1. The number of aryl methyl sites for hydroxylation is 1. The number of sulfonamides is 1. The molecule has 1 heterocycles. The summed E-state index contributed by atoms with van der Waals surface area (Å²) in [5.41, 5.74) is 0. The lowest BCUT2D eigenvalue weighted by atomic mass is 10.3. The molecular weight excluding hydrogens is 232 g/mol. The molecule has 0 radical (unpaired) electrons. The number of nitrogens with zero attached hydrogens (tertiary/aromatic N) is 1. The fourth-order valence-electron chi connectivity index (χ4n) is 0.934. The Morgan fingerprint density at radius 3 is 2.93 bits per heavy atom. The number of hydrogen-bond acceptors (Lipinski definition) is 4. The molecule has 0 aliphatic heterocycles. The second-order valence-corrected chi connectivity index (χ2v) is 6.13. The summed E-state index contributed by atoms with van der Waals surface area (Å²) in [6.07, 6.45) is 7.64. The average molecular weight is 244 g/mol. The SMILES string of the molecule is C#CCCCNS(=O)(=O)c1cnc(C)s1. The van der Waals surface area contributed by atoms with Crippen LogP contribution >= 0.6 is 11.3 Å². The molecule has 4 nitrogen and oxygen atoms in total. The Morgan fingerprint density at radius 2 is 2.40 bits per heavy atom. The van der Waals surface area contributed by atoms with Crippen molar-refractivity contribution >= 4 is 21.4 Å². The summed E-state index contributed by atoms with van der Waals surface area (Å²) in [5, 5.41) is 0.735. The van der Waals surface area contributed by atoms with Crippen molar-refractivity contribution in [2.45, 2.75) is 24.0 Å². The Hall–Kier alpha value is -0.900. The largest absolute Gasteiger partial charge is 0.251 e. The molecule has 0 spiro atoms. The van der Waals surface area contributed by atoms with Crippen molar-refractivity contribution < 1.29 is 8.42 Å². The van der Waals surface area contributed by atoms with Gasteiger partial charge in [-0.1, -0.05) is 0 Å². The van der Waals surface area contributed by atoms with E-state index in [4.69, 9.17) is 6.42 Å². The molecule has 6 heteroatoms. The Labute approximate surface area is 93.8 Å². The molecule has 0 fully saturated rings. The van der Waals surface area contributed by atoms with Crippen molar-refractivity contribution in [1.29, 1.82) is 0 Å². The molecule has 1 aromatic rings. The highest BCUT2D eigenvalue weighted by Crippen LogP contribution is 2.17. The van der Waals surface area contributed by atoms with Crippen molar-refractivity contribution in [3.05, 3.63) is 11.2 Å². The van der Waals surface area contributed by atoms with Gasteiger partial charge in [0.2, 0.25) is 0 Å². The van der Waals surface area contributed by atoms with Gasteiger partial charge in [-0.15, -0.1) is 23.7 Å². The molecule has 15 heavy (non-hydrogen) atoms. The first-order chi connectivity index (χ1) is 7.06. The second kappa shape index (κ2) is 5.26. The molecule has 1 N–H and O–H groups in total. The van der Waals surface area contributed by atoms with Gasteiger partial charge >= 0.3 is 0 Å². The van der Waals surface area contributed by atoms with E-state index in [0.29, 0.717) is 19.4 Å². The molecule has 0 amide bonds. The van der Waals surface area contributed by atoms with Crippen LogP contribution in [0.2, 0.25) is 0 Å². The molecule has 0 aromatic carbocycles. The standard InChI is InChI=1S/C9H12N2O2S2/c1-3-4-5-6-11-15(12,13)9-7-10-8(2)14-9/h1,7,11H,4-6H2,2H3. The van der Waals surface area contributed by atoms with Crippen LogP contribution in [0, 0.1) is 19.3 Å². The molecule has 0 saturated heterocycles. The first-order valence-electron chi connectivity index (χ1n) is 4.42. The van der Waals surface area contributed by atoms with Crippen LogP contribution in [0.15, 0.2) is 10.4 Å². The van der Waals surface area contributed by atoms with Crippen LogP contribution in [-0.4, -0.2) is 19.9 Å². The van der Waals surface area contributed by atoms with Crippen molar-refractivity contribution in [1.82, 2.24) is 9.71 Å². The molecule has 82 valence electrons. The Morgan fingerprint density at radius 1 is 1.67 bits per heavy atom. The van der Waals surface area contributed by atoms with E-state index in [-0.39, 0.29) is 4.21 Å². The van der Waals surface area contributed by atoms with Crippen molar-refractivity contribution in [2.24, 2.45) is 0 Å². The maximum Gasteiger partial charge on any atom is 0.251 e. The van der Waals surface area contributed by atoms with E-state index in [1.165, 1.54) is 6.20 Å². The van der Waals surface area contributed by atoms with Gasteiger partial charge in [-0.3, -0.25) is 0 Å². The summed E-state index contributed by atoms with van der Waals surface area (Å²) in [6, 6.07) is 0. The van der Waals surface area contributed by atoms with Crippen molar-refractivity contribution in [2.75, 3.05) is 6.54 Å². The average Bonchev–Trinajstić information content (AvgIpc) is 2.60. The minimum atomic E-state index is -3.38. The lowest BCUT2D eigenvalue weighted by Gasteiger charge is -2.01. The van der Waals surface area contributed by atoms with Gasteiger partial charge in [0.05, 0.1) is 11.2 Å². The van der Waals surface area contributed by atoms with E-state index < -0.39 is 10.0 Å². The van der Waals surface area contributed by atoms with Gasteiger partial charge in [0, 0.05) is 13.0 Å². The van der Waals surface area contributed by atoms with Gasteiger partial charge < -0.3 is 0 Å². The lowest BCUT2D eigenvalue weighted by molar-refractivity contribution is 0.581. The fraction of sp³-hybridized carbons (Fsp3) is 0.444. The molecule has 1 aromatic heterocycles. The number of rotatable bonds is 5. The van der Waals surface area contributed by atoms with E-state index in [1.54, 1.807) is 6.92 Å². The molecule has 0 aliphatic carbocycles. The van der Waals surface area contributed by atoms with Gasteiger partial charge in [0.1, 0.15) is 0 Å². The first-order valence-corrected chi connectivity index (χ1v) is 6.72. The van der Waals surface area contributed by atoms with E-state index in [9.17, 15) is 8.42 Å². The molecule has 0 aliphatic rings. The number of nitrogens with one attached hydrogen (secondary N) is 1. The van der Waals surface area contributed by atoms with Crippen LogP contribution in [0.3, 0.4) is 0 Å². The summed E-state index contributed by atoms with van der Waals surface area (Å²) in [4.78, 5) is 3.89. The highest BCUT2D eigenvalue weighted by Gasteiger charge is 2.15. The first kappa shape index (κ1) is 12.2. The zero-order chi connectivity index (χ0) is 11.3. The van der Waals surface area contributed by atoms with E-state index in [0.717, 1.165) is 16.3 Å². The molecular formula is C9H12N2O2S2. The third-order valence-electron chi connectivity index (χ3n) is 1.65. The van der Waals surface area contributed by atoms with Crippen LogP contribution in [-0.2, 0) is 10.0 Å². The third kappa shape index (κ3) is 3.63. The van der Waals surface area contributed by atoms with E-state index in [2.05, 4.69) is 15.6 Å². The summed E-state index contributed by atoms with van der Waals surface area (Å²) < 4.78 is 26.0. The topological polar surface area (TPSA) is 59.1 Å². The summed E-state index contributed by atoms with van der Waals surface area (Å²) in [7, 11) is -3.38. The predicted molar refractivity (Wildman–Crippen MR) is 60.1 cm³/mol. The minimum absolute atomic E-state index is 0.251. The quantitative estimate of drug-likeness (QED) is 0.624. The fourth-order valence-corrected chi connectivity index (χ4v) is 3.16. The van der Waals surface area contributed by atoms with Gasteiger partial charge in [-0.05, 0) is 13.3 Å². The van der Waals surface area contributed by atoms with Gasteiger partial charge in [0.25, 0.3) is 10.0 Å². The van der Waals surface area contributed by atoms with E-state index >= 15 is 0 Å². The minimum Gasteiger partial charge on any atom is -0.249 e. The molecule has 0 bridgehead atoms. The summed E-state index contributed by atoms with van der Waals surface area (Å²) in [5.74, 6) is 2.45. The molecule has 1 rings (SSSR count). The normalized spacial score (nSPS) is 11.2. The highest BCUT2D eigenvalue weighted by atomic mass is 32.2. The van der Waals surface area contributed by atoms with Gasteiger partial charge in [0.15, 0.2) is 4.21 Å². The van der Waals surface area contributed by atoms with Crippen molar-refractivity contribution in [3.63, 3.8) is 0 Å². The van der Waals surface area contributed by atoms with Crippen molar-refractivity contribution in [3.8, 4) is 12.3 Å². The maximum atomic E-state index is 11.6. The maximum absolute atomic E-state index is 11.6. The zero-order valence-corrected chi connectivity index (χ0v) is 9.99. The van der Waals surface area contributed by atoms with Crippen LogP contribution in [0.1, 0.15) is 17.8 Å². The Bertz CT molecular complexity index is 457. The number of thiazole rings is 1. The van der Waals surface area contributed by atoms with E-state index in [1.807, 2.05) is 0 Å². The predicted octanol–water partition coefficient (Wildman–Crippen LogP) is 1.14. The Kier molecular flexibility index (Phi) is 4.27. The summed E-state index contributed by atoms with van der Waals surface area (Å²) in [6.45, 7) is 2.13. The van der Waals surface area contributed by atoms with Crippen LogP contribution in [0.4, 0.5) is 0 Å². The lowest BCUT2D eigenvalue weighted by Crippen LogP contribution is -2.23. The van der Waals surface area contributed by atoms with Crippen LogP contribution in [0.25, 0.3) is 0 Å². The highest BCUT2D eigenvalue weighted by molar-refractivity contribution is 7.91. The number of unbranched alkanes of at least 4 members (excludes halogenated alkanes) is 1. The third-order valence-corrected chi connectivity index (χ3v) is 4.49. The smallest absolute Gasteiger partial charge is 0.249 e. The zero-order valence-electron chi connectivity index (χ0n) is 8.36.